The van der Waals surface area contributed by atoms with Crippen molar-refractivity contribution in [2.75, 3.05) is 19.6 Å². The Kier molecular flexibility index (Phi) is 7.31. The van der Waals surface area contributed by atoms with Crippen molar-refractivity contribution in [3.8, 4) is 6.07 Å². The van der Waals surface area contributed by atoms with E-state index >= 15 is 0 Å². The highest BCUT2D eigenvalue weighted by molar-refractivity contribution is 4.94. The minimum Gasteiger partial charge on any atom is -0.309 e. The zero-order valence-electron chi connectivity index (χ0n) is 12.3. The van der Waals surface area contributed by atoms with Gasteiger partial charge in [0.15, 0.2) is 0 Å². The molecule has 0 aromatic heterocycles. The van der Waals surface area contributed by atoms with Gasteiger partial charge in [0.05, 0.1) is 12.0 Å². The smallest absolute Gasteiger partial charge is 0.0672 e. The van der Waals surface area contributed by atoms with Gasteiger partial charge < -0.3 is 10.2 Å². The molecule has 1 aliphatic carbocycles. The first-order valence-corrected chi connectivity index (χ1v) is 7.59. The lowest BCUT2D eigenvalue weighted by molar-refractivity contribution is 0.249. The molecule has 0 aliphatic heterocycles. The highest BCUT2D eigenvalue weighted by Crippen LogP contribution is 2.23. The van der Waals surface area contributed by atoms with Crippen molar-refractivity contribution in [1.29, 1.82) is 5.26 Å². The molecule has 1 fully saturated rings. The van der Waals surface area contributed by atoms with Gasteiger partial charge in [0, 0.05) is 18.6 Å². The number of hydrogen-bond acceptors (Lipinski definition) is 3. The summed E-state index contributed by atoms with van der Waals surface area (Å²) >= 11 is 0. The van der Waals surface area contributed by atoms with Crippen molar-refractivity contribution >= 4 is 0 Å². The Balaban J connectivity index is 2.45. The molecule has 18 heavy (non-hydrogen) atoms. The van der Waals surface area contributed by atoms with Crippen LogP contribution < -0.4 is 5.32 Å². The van der Waals surface area contributed by atoms with Crippen molar-refractivity contribution in [2.45, 2.75) is 65.0 Å². The van der Waals surface area contributed by atoms with E-state index in [4.69, 9.17) is 0 Å². The third kappa shape index (κ3) is 4.96. The van der Waals surface area contributed by atoms with E-state index in [-0.39, 0.29) is 5.92 Å². The number of nitrogens with zero attached hydrogens (tertiary/aromatic N) is 2. The molecular weight excluding hydrogens is 222 g/mol. The number of hydrogen-bond donors (Lipinski definition) is 1. The highest BCUT2D eigenvalue weighted by Gasteiger charge is 2.24. The van der Waals surface area contributed by atoms with E-state index in [0.29, 0.717) is 12.1 Å². The SMILES string of the molecule is CCN(CC)CC(C)NC1CCCCCC1C#N. The fourth-order valence-corrected chi connectivity index (χ4v) is 2.95. The van der Waals surface area contributed by atoms with E-state index in [2.05, 4.69) is 37.1 Å². The average Bonchev–Trinajstić information content (AvgIpc) is 2.60. The van der Waals surface area contributed by atoms with Gasteiger partial charge in [-0.3, -0.25) is 0 Å². The predicted octanol–water partition coefficient (Wildman–Crippen LogP) is 2.78. The van der Waals surface area contributed by atoms with E-state index in [0.717, 1.165) is 26.1 Å². The first-order chi connectivity index (χ1) is 8.71. The van der Waals surface area contributed by atoms with E-state index in [1.807, 2.05) is 0 Å². The van der Waals surface area contributed by atoms with Crippen molar-refractivity contribution in [1.82, 2.24) is 10.2 Å². The van der Waals surface area contributed by atoms with Crippen LogP contribution in [0.1, 0.15) is 52.9 Å². The molecule has 0 saturated heterocycles. The Morgan fingerprint density at radius 3 is 2.50 bits per heavy atom. The fraction of sp³-hybridized carbons (Fsp3) is 0.933. The molecule has 0 aromatic carbocycles. The number of nitriles is 1. The molecular formula is C15H29N3. The van der Waals surface area contributed by atoms with E-state index in [1.54, 1.807) is 0 Å². The van der Waals surface area contributed by atoms with Crippen LogP contribution in [-0.4, -0.2) is 36.6 Å². The lowest BCUT2D eigenvalue weighted by Gasteiger charge is -2.29. The van der Waals surface area contributed by atoms with Crippen LogP contribution in [0.25, 0.3) is 0 Å². The van der Waals surface area contributed by atoms with Gasteiger partial charge >= 0.3 is 0 Å². The minimum absolute atomic E-state index is 0.214. The molecule has 0 bridgehead atoms. The van der Waals surface area contributed by atoms with Gasteiger partial charge in [-0.25, -0.2) is 0 Å². The Morgan fingerprint density at radius 1 is 1.22 bits per heavy atom. The molecule has 1 aliphatic rings. The summed E-state index contributed by atoms with van der Waals surface area (Å²) in [6.45, 7) is 9.96. The normalized spacial score (nSPS) is 26.6. The first-order valence-electron chi connectivity index (χ1n) is 7.59. The lowest BCUT2D eigenvalue weighted by Crippen LogP contribution is -2.46. The molecule has 3 atom stereocenters. The Morgan fingerprint density at radius 2 is 1.89 bits per heavy atom. The second-order valence-corrected chi connectivity index (χ2v) is 5.53. The molecule has 1 N–H and O–H groups in total. The molecule has 1 rings (SSSR count). The number of rotatable bonds is 6. The van der Waals surface area contributed by atoms with Crippen molar-refractivity contribution in [3.05, 3.63) is 0 Å². The number of likely N-dealkylation sites (N-methyl/N-ethyl adjacent to an activating group) is 1. The quantitative estimate of drug-likeness (QED) is 0.738. The van der Waals surface area contributed by atoms with Crippen LogP contribution in [0, 0.1) is 17.2 Å². The minimum atomic E-state index is 0.214. The zero-order chi connectivity index (χ0) is 13.4. The fourth-order valence-electron chi connectivity index (χ4n) is 2.95. The second-order valence-electron chi connectivity index (χ2n) is 5.53. The molecule has 0 heterocycles. The first kappa shape index (κ1) is 15.5. The maximum atomic E-state index is 9.27. The molecule has 104 valence electrons. The van der Waals surface area contributed by atoms with E-state index < -0.39 is 0 Å². The molecule has 3 unspecified atom stereocenters. The summed E-state index contributed by atoms with van der Waals surface area (Å²) in [4.78, 5) is 2.44. The van der Waals surface area contributed by atoms with Gasteiger partial charge in [0.2, 0.25) is 0 Å². The Labute approximate surface area is 113 Å². The number of nitrogens with one attached hydrogen (secondary N) is 1. The van der Waals surface area contributed by atoms with Crippen LogP contribution in [0.4, 0.5) is 0 Å². The van der Waals surface area contributed by atoms with Gasteiger partial charge in [-0.15, -0.1) is 0 Å². The summed E-state index contributed by atoms with van der Waals surface area (Å²) in [6, 6.07) is 3.39. The van der Waals surface area contributed by atoms with Crippen LogP contribution in [0.2, 0.25) is 0 Å². The Bertz CT molecular complexity index is 255. The Hall–Kier alpha value is -0.590. The third-order valence-electron chi connectivity index (χ3n) is 4.11. The third-order valence-corrected chi connectivity index (χ3v) is 4.11. The van der Waals surface area contributed by atoms with Crippen LogP contribution in [0.3, 0.4) is 0 Å². The van der Waals surface area contributed by atoms with Crippen LogP contribution >= 0.6 is 0 Å². The summed E-state index contributed by atoms with van der Waals surface area (Å²) in [5, 5.41) is 13.0. The summed E-state index contributed by atoms with van der Waals surface area (Å²) in [6.07, 6.45) is 6.03. The van der Waals surface area contributed by atoms with E-state index in [1.165, 1.54) is 25.7 Å². The van der Waals surface area contributed by atoms with Gasteiger partial charge in [-0.1, -0.05) is 33.1 Å². The monoisotopic (exact) mass is 251 g/mol. The molecule has 0 radical (unpaired) electrons. The largest absolute Gasteiger partial charge is 0.309 e. The van der Waals surface area contributed by atoms with Crippen LogP contribution in [-0.2, 0) is 0 Å². The lowest BCUT2D eigenvalue weighted by atomic mass is 9.95. The summed E-state index contributed by atoms with van der Waals surface area (Å²) in [5.41, 5.74) is 0. The van der Waals surface area contributed by atoms with Gasteiger partial charge in [0.25, 0.3) is 0 Å². The maximum absolute atomic E-state index is 9.27. The predicted molar refractivity (Wildman–Crippen MR) is 76.4 cm³/mol. The van der Waals surface area contributed by atoms with Crippen molar-refractivity contribution in [3.63, 3.8) is 0 Å². The van der Waals surface area contributed by atoms with Crippen LogP contribution in [0.15, 0.2) is 0 Å². The molecule has 1 saturated carbocycles. The second kappa shape index (κ2) is 8.50. The molecule has 0 aromatic rings. The van der Waals surface area contributed by atoms with Crippen LogP contribution in [0.5, 0.6) is 0 Å². The molecule has 3 heteroatoms. The van der Waals surface area contributed by atoms with Crippen molar-refractivity contribution < 1.29 is 0 Å². The molecule has 3 nitrogen and oxygen atoms in total. The molecule has 0 amide bonds. The average molecular weight is 251 g/mol. The summed E-state index contributed by atoms with van der Waals surface area (Å²) < 4.78 is 0. The van der Waals surface area contributed by atoms with Gasteiger partial charge in [-0.05, 0) is 32.9 Å². The zero-order valence-corrected chi connectivity index (χ0v) is 12.3. The maximum Gasteiger partial charge on any atom is 0.0672 e. The van der Waals surface area contributed by atoms with E-state index in [9.17, 15) is 5.26 Å². The van der Waals surface area contributed by atoms with Gasteiger partial charge in [-0.2, -0.15) is 5.26 Å². The highest BCUT2D eigenvalue weighted by atomic mass is 15.1. The summed E-state index contributed by atoms with van der Waals surface area (Å²) in [5.74, 6) is 0.214. The summed E-state index contributed by atoms with van der Waals surface area (Å²) in [7, 11) is 0. The molecule has 0 spiro atoms. The topological polar surface area (TPSA) is 39.1 Å². The van der Waals surface area contributed by atoms with Crippen molar-refractivity contribution in [2.24, 2.45) is 5.92 Å². The standard InChI is InChI=1S/C15H29N3/c1-4-18(5-2)12-13(3)17-15-10-8-6-7-9-14(15)11-16/h13-15,17H,4-10,12H2,1-3H3. The van der Waals surface area contributed by atoms with Gasteiger partial charge in [0.1, 0.15) is 0 Å².